The number of nitrogens with one attached hydrogen (secondary N) is 1. The standard InChI is InChI=1S/C6H5F6NO2/c1-2-3(14)15-4(13-2,5(7,8)9)6(10,11)12/h2,13H,1H3/t2-/m0/s1. The molecule has 1 N–H and O–H groups in total. The molecule has 1 rings (SSSR count). The number of cyclic esters (lactones) is 1. The molecule has 9 heteroatoms. The first-order valence-corrected chi connectivity index (χ1v) is 3.65. The summed E-state index contributed by atoms with van der Waals surface area (Å²) < 4.78 is 76.6. The van der Waals surface area contributed by atoms with E-state index in [1.807, 2.05) is 0 Å². The number of rotatable bonds is 0. The molecular formula is C6H5F6NO2. The molecule has 1 fully saturated rings. The second-order valence-electron chi connectivity index (χ2n) is 2.96. The van der Waals surface area contributed by atoms with Crippen LogP contribution in [-0.4, -0.2) is 30.1 Å². The van der Waals surface area contributed by atoms with Crippen LogP contribution in [0, 0.1) is 0 Å². The molecule has 1 aliphatic heterocycles. The van der Waals surface area contributed by atoms with E-state index in [-0.39, 0.29) is 0 Å². The van der Waals surface area contributed by atoms with E-state index >= 15 is 0 Å². The number of ether oxygens (including phenoxy) is 1. The molecule has 3 nitrogen and oxygen atoms in total. The van der Waals surface area contributed by atoms with Gasteiger partial charge in [0.05, 0.1) is 0 Å². The van der Waals surface area contributed by atoms with Gasteiger partial charge < -0.3 is 4.74 Å². The Morgan fingerprint density at radius 2 is 1.60 bits per heavy atom. The van der Waals surface area contributed by atoms with Gasteiger partial charge in [-0.15, -0.1) is 0 Å². The lowest BCUT2D eigenvalue weighted by atomic mass is 10.2. The molecule has 1 aliphatic rings. The van der Waals surface area contributed by atoms with Gasteiger partial charge in [-0.05, 0) is 6.92 Å². The summed E-state index contributed by atoms with van der Waals surface area (Å²) in [6.07, 6.45) is -11.5. The average molecular weight is 237 g/mol. The van der Waals surface area contributed by atoms with Gasteiger partial charge in [-0.1, -0.05) is 0 Å². The van der Waals surface area contributed by atoms with E-state index in [1.54, 1.807) is 0 Å². The van der Waals surface area contributed by atoms with Crippen molar-refractivity contribution in [3.8, 4) is 0 Å². The fraction of sp³-hybridized carbons (Fsp3) is 0.833. The fourth-order valence-electron chi connectivity index (χ4n) is 1.07. The summed E-state index contributed by atoms with van der Waals surface area (Å²) in [6, 6.07) is -1.66. The minimum Gasteiger partial charge on any atom is -0.424 e. The van der Waals surface area contributed by atoms with Gasteiger partial charge in [0.1, 0.15) is 6.04 Å². The van der Waals surface area contributed by atoms with Crippen LogP contribution in [0.1, 0.15) is 6.92 Å². The highest BCUT2D eigenvalue weighted by atomic mass is 19.4. The lowest BCUT2D eigenvalue weighted by molar-refractivity contribution is -0.369. The maximum absolute atomic E-state index is 12.2. The van der Waals surface area contributed by atoms with E-state index in [0.717, 1.165) is 12.2 Å². The summed E-state index contributed by atoms with van der Waals surface area (Å²) in [6.45, 7) is 0.849. The van der Waals surface area contributed by atoms with Crippen LogP contribution in [0.25, 0.3) is 0 Å². The fourth-order valence-corrected chi connectivity index (χ4v) is 1.07. The molecule has 1 heterocycles. The van der Waals surface area contributed by atoms with Crippen molar-refractivity contribution in [1.82, 2.24) is 5.32 Å². The highest BCUT2D eigenvalue weighted by Crippen LogP contribution is 2.46. The molecule has 88 valence electrons. The van der Waals surface area contributed by atoms with Crippen LogP contribution in [-0.2, 0) is 9.53 Å². The lowest BCUT2D eigenvalue weighted by Gasteiger charge is -2.31. The molecule has 0 bridgehead atoms. The second-order valence-corrected chi connectivity index (χ2v) is 2.96. The summed E-state index contributed by atoms with van der Waals surface area (Å²) in [4.78, 5) is 10.6. The van der Waals surface area contributed by atoms with Crippen LogP contribution >= 0.6 is 0 Å². The van der Waals surface area contributed by atoms with Crippen molar-refractivity contribution in [2.45, 2.75) is 31.0 Å². The Hall–Kier alpha value is -0.990. The van der Waals surface area contributed by atoms with E-state index in [0.29, 0.717) is 0 Å². The van der Waals surface area contributed by atoms with Gasteiger partial charge in [-0.2, -0.15) is 26.3 Å². The zero-order chi connectivity index (χ0) is 12.1. The number of hydrogen-bond acceptors (Lipinski definition) is 3. The number of halogens is 6. The quantitative estimate of drug-likeness (QED) is 0.510. The molecule has 0 amide bonds. The van der Waals surface area contributed by atoms with Crippen LogP contribution in [0.2, 0.25) is 0 Å². The van der Waals surface area contributed by atoms with E-state index < -0.39 is 30.1 Å². The Labute approximate surface area is 79.4 Å². The number of carbonyl (C=O) groups is 1. The van der Waals surface area contributed by atoms with Gasteiger partial charge in [0.25, 0.3) is 0 Å². The molecule has 0 aliphatic carbocycles. The van der Waals surface area contributed by atoms with Gasteiger partial charge in [-0.25, -0.2) is 0 Å². The summed E-state index contributed by atoms with van der Waals surface area (Å²) in [5.41, 5.74) is -4.59. The third kappa shape index (κ3) is 1.64. The molecule has 0 aromatic carbocycles. The maximum Gasteiger partial charge on any atom is 0.452 e. The van der Waals surface area contributed by atoms with Gasteiger partial charge in [0.2, 0.25) is 0 Å². The van der Waals surface area contributed by atoms with E-state index in [2.05, 4.69) is 4.74 Å². The van der Waals surface area contributed by atoms with Crippen molar-refractivity contribution in [2.24, 2.45) is 0 Å². The van der Waals surface area contributed by atoms with Crippen LogP contribution in [0.5, 0.6) is 0 Å². The molecule has 15 heavy (non-hydrogen) atoms. The van der Waals surface area contributed by atoms with E-state index in [1.165, 1.54) is 0 Å². The largest absolute Gasteiger partial charge is 0.452 e. The smallest absolute Gasteiger partial charge is 0.424 e. The van der Waals surface area contributed by atoms with Crippen molar-refractivity contribution < 1.29 is 35.9 Å². The topological polar surface area (TPSA) is 38.3 Å². The molecule has 1 atom stereocenters. The van der Waals surface area contributed by atoms with E-state index in [9.17, 15) is 31.1 Å². The lowest BCUT2D eigenvalue weighted by Crippen LogP contribution is -2.65. The predicted molar refractivity (Wildman–Crippen MR) is 33.5 cm³/mol. The Bertz CT molecular complexity index is 268. The van der Waals surface area contributed by atoms with Crippen molar-refractivity contribution in [3.63, 3.8) is 0 Å². The first-order valence-electron chi connectivity index (χ1n) is 3.65. The van der Waals surface area contributed by atoms with Crippen LogP contribution in [0.3, 0.4) is 0 Å². The Kier molecular flexibility index (Phi) is 2.42. The number of carbonyl (C=O) groups excluding carboxylic acids is 1. The maximum atomic E-state index is 12.2. The first kappa shape index (κ1) is 12.1. The number of esters is 1. The third-order valence-corrected chi connectivity index (χ3v) is 1.83. The summed E-state index contributed by atoms with van der Waals surface area (Å²) in [5, 5.41) is 1.08. The molecule has 0 spiro atoms. The van der Waals surface area contributed by atoms with Crippen LogP contribution < -0.4 is 5.32 Å². The van der Waals surface area contributed by atoms with Crippen molar-refractivity contribution >= 4 is 5.97 Å². The van der Waals surface area contributed by atoms with Gasteiger partial charge in [0, 0.05) is 0 Å². The van der Waals surface area contributed by atoms with Crippen molar-refractivity contribution in [2.75, 3.05) is 0 Å². The van der Waals surface area contributed by atoms with Gasteiger partial charge in [0.15, 0.2) is 0 Å². The Balaban J connectivity index is 3.18. The second kappa shape index (κ2) is 3.00. The van der Waals surface area contributed by atoms with Gasteiger partial charge in [-0.3, -0.25) is 10.1 Å². The van der Waals surface area contributed by atoms with Crippen molar-refractivity contribution in [3.05, 3.63) is 0 Å². The summed E-state index contributed by atoms with van der Waals surface area (Å²) in [5.74, 6) is -1.59. The molecule has 0 unspecified atom stereocenters. The molecular weight excluding hydrogens is 232 g/mol. The molecule has 0 aromatic rings. The van der Waals surface area contributed by atoms with Crippen LogP contribution in [0.4, 0.5) is 26.3 Å². The minimum absolute atomic E-state index is 0.849. The number of alkyl halides is 6. The SMILES string of the molecule is C[C@@H]1NC(C(F)(F)F)(C(F)(F)F)OC1=O. The number of hydrogen-bond donors (Lipinski definition) is 1. The van der Waals surface area contributed by atoms with Crippen LogP contribution in [0.15, 0.2) is 0 Å². The zero-order valence-electron chi connectivity index (χ0n) is 7.16. The normalized spacial score (nSPS) is 26.6. The predicted octanol–water partition coefficient (Wildman–Crippen LogP) is 1.34. The monoisotopic (exact) mass is 237 g/mol. The summed E-state index contributed by atoms with van der Waals surface area (Å²) in [7, 11) is 0. The third-order valence-electron chi connectivity index (χ3n) is 1.83. The first-order chi connectivity index (χ1) is 6.51. The average Bonchev–Trinajstić information content (AvgIpc) is 2.26. The highest BCUT2D eigenvalue weighted by molar-refractivity contribution is 5.78. The van der Waals surface area contributed by atoms with Crippen molar-refractivity contribution in [1.29, 1.82) is 0 Å². The Morgan fingerprint density at radius 1 is 1.20 bits per heavy atom. The minimum atomic E-state index is -5.76. The van der Waals surface area contributed by atoms with E-state index in [4.69, 9.17) is 0 Å². The molecule has 1 saturated heterocycles. The van der Waals surface area contributed by atoms with Gasteiger partial charge >= 0.3 is 24.0 Å². The zero-order valence-corrected chi connectivity index (χ0v) is 7.16. The molecule has 0 saturated carbocycles. The molecule has 0 aromatic heterocycles. The highest BCUT2D eigenvalue weighted by Gasteiger charge is 2.77. The summed E-state index contributed by atoms with van der Waals surface area (Å²) >= 11 is 0. The molecule has 0 radical (unpaired) electrons. The Morgan fingerprint density at radius 3 is 1.73 bits per heavy atom.